The monoisotopic (exact) mass is 727 g/mol. The molecule has 0 heterocycles. The maximum Gasteiger partial charge on any atom is -0.0152 e. The summed E-state index contributed by atoms with van der Waals surface area (Å²) in [5, 5.41) is 0. The molecule has 0 nitrogen and oxygen atoms in total. The molecule has 6 aromatic carbocycles. The van der Waals surface area contributed by atoms with Crippen LogP contribution in [0, 0.1) is 41.5 Å². The second-order valence-electron chi connectivity index (χ2n) is 11.1. The summed E-state index contributed by atoms with van der Waals surface area (Å²) in [4.78, 5) is 0. The van der Waals surface area contributed by atoms with Gasteiger partial charge >= 0.3 is 0 Å². The zero-order valence-electron chi connectivity index (χ0n) is 37.9. The Morgan fingerprint density at radius 1 is 0.222 bits per heavy atom. The molecular formula is C54H78. The van der Waals surface area contributed by atoms with Gasteiger partial charge in [0.1, 0.15) is 0 Å². The lowest BCUT2D eigenvalue weighted by Crippen LogP contribution is -1.85. The van der Waals surface area contributed by atoms with Crippen LogP contribution in [0.15, 0.2) is 146 Å². The first-order valence-corrected chi connectivity index (χ1v) is 20.7. The summed E-state index contributed by atoms with van der Waals surface area (Å²) >= 11 is 0. The molecule has 0 spiro atoms. The van der Waals surface area contributed by atoms with Gasteiger partial charge in [-0.15, -0.1) is 0 Å². The molecular weight excluding hydrogens is 649 g/mol. The predicted octanol–water partition coefficient (Wildman–Crippen LogP) is 18.1. The summed E-state index contributed by atoms with van der Waals surface area (Å²) < 4.78 is 0. The minimum absolute atomic E-state index is 1.29. The normalized spacial score (nSPS) is 8.56. The Bertz CT molecular complexity index is 1570. The molecule has 0 saturated heterocycles. The van der Waals surface area contributed by atoms with Crippen LogP contribution in [-0.2, 0) is 0 Å². The van der Waals surface area contributed by atoms with Crippen LogP contribution in [0.5, 0.6) is 0 Å². The third-order valence-corrected chi connectivity index (χ3v) is 7.39. The fourth-order valence-electron chi connectivity index (χ4n) is 4.89. The molecule has 54 heavy (non-hydrogen) atoms. The van der Waals surface area contributed by atoms with Crippen molar-refractivity contribution in [3.63, 3.8) is 0 Å². The Kier molecular flexibility index (Phi) is 35.1. The van der Waals surface area contributed by atoms with Gasteiger partial charge in [0.05, 0.1) is 0 Å². The average Bonchev–Trinajstić information content (AvgIpc) is 3.24. The van der Waals surface area contributed by atoms with Gasteiger partial charge in [-0.25, -0.2) is 0 Å². The van der Waals surface area contributed by atoms with Gasteiger partial charge in [0, 0.05) is 0 Å². The molecule has 6 rings (SSSR count). The van der Waals surface area contributed by atoms with Crippen LogP contribution < -0.4 is 0 Å². The predicted molar refractivity (Wildman–Crippen MR) is 252 cm³/mol. The van der Waals surface area contributed by atoms with Crippen molar-refractivity contribution in [2.24, 2.45) is 0 Å². The molecule has 0 bridgehead atoms. The highest BCUT2D eigenvalue weighted by Gasteiger charge is 2.02. The minimum atomic E-state index is 1.29. The average molecular weight is 727 g/mol. The molecule has 6 aromatic rings. The van der Waals surface area contributed by atoms with E-state index in [1.54, 1.807) is 0 Å². The molecule has 0 saturated carbocycles. The first kappa shape index (κ1) is 53.7. The van der Waals surface area contributed by atoms with Crippen LogP contribution in [0.1, 0.15) is 116 Å². The van der Waals surface area contributed by atoms with E-state index in [1.807, 2.05) is 83.1 Å². The maximum atomic E-state index is 2.22. The third-order valence-electron chi connectivity index (χ3n) is 7.39. The van der Waals surface area contributed by atoms with Gasteiger partial charge in [-0.3, -0.25) is 0 Å². The van der Waals surface area contributed by atoms with E-state index in [4.69, 9.17) is 0 Å². The first-order chi connectivity index (χ1) is 26.3. The topological polar surface area (TPSA) is 0 Å². The van der Waals surface area contributed by atoms with Gasteiger partial charge in [0.15, 0.2) is 0 Å². The van der Waals surface area contributed by atoms with Gasteiger partial charge in [-0.05, 0) is 86.1 Å². The molecule has 0 heteroatoms. The molecule has 0 aliphatic carbocycles. The zero-order chi connectivity index (χ0) is 41.9. The van der Waals surface area contributed by atoms with Gasteiger partial charge in [-0.2, -0.15) is 0 Å². The summed E-state index contributed by atoms with van der Waals surface area (Å²) in [5.41, 5.74) is 15.8. The van der Waals surface area contributed by atoms with Gasteiger partial charge < -0.3 is 0 Å². The van der Waals surface area contributed by atoms with Crippen molar-refractivity contribution >= 4 is 0 Å². The molecule has 0 N–H and O–H groups in total. The van der Waals surface area contributed by atoms with Crippen LogP contribution in [0.2, 0.25) is 0 Å². The number of rotatable bonds is 3. The molecule has 0 fully saturated rings. The van der Waals surface area contributed by atoms with E-state index in [0.717, 1.165) is 0 Å². The minimum Gasteiger partial charge on any atom is -0.0683 e. The fraction of sp³-hybridized carbons (Fsp3) is 0.333. The van der Waals surface area contributed by atoms with Gasteiger partial charge in [0.2, 0.25) is 0 Å². The van der Waals surface area contributed by atoms with Crippen molar-refractivity contribution < 1.29 is 0 Å². The molecule has 0 unspecified atom stereocenters. The lowest BCUT2D eigenvalue weighted by atomic mass is 9.97. The molecule has 0 amide bonds. The van der Waals surface area contributed by atoms with E-state index in [-0.39, 0.29) is 0 Å². The summed E-state index contributed by atoms with van der Waals surface area (Å²) in [6.45, 7) is 36.8. The van der Waals surface area contributed by atoms with Crippen molar-refractivity contribution in [1.29, 1.82) is 0 Å². The summed E-state index contributed by atoms with van der Waals surface area (Å²) in [6, 6.07) is 51.5. The van der Waals surface area contributed by atoms with Gasteiger partial charge in [-0.1, -0.05) is 251 Å². The second kappa shape index (κ2) is 35.4. The molecule has 0 atom stereocenters. The largest absolute Gasteiger partial charge is 0.0683 e. The quantitative estimate of drug-likeness (QED) is 0.170. The highest BCUT2D eigenvalue weighted by atomic mass is 14.1. The van der Waals surface area contributed by atoms with E-state index >= 15 is 0 Å². The van der Waals surface area contributed by atoms with Crippen molar-refractivity contribution in [3.8, 4) is 33.4 Å². The lowest BCUT2D eigenvalue weighted by molar-refractivity contribution is 1.41. The van der Waals surface area contributed by atoms with Crippen LogP contribution >= 0.6 is 0 Å². The van der Waals surface area contributed by atoms with E-state index in [1.165, 1.54) is 66.8 Å². The first-order valence-electron chi connectivity index (χ1n) is 20.7. The van der Waals surface area contributed by atoms with Crippen LogP contribution in [0.25, 0.3) is 33.4 Å². The smallest absolute Gasteiger partial charge is 0.0152 e. The summed E-state index contributed by atoms with van der Waals surface area (Å²) in [7, 11) is 0. The number of hydrogen-bond donors (Lipinski definition) is 0. The standard InChI is InChI=1S/3C14H14.6C2H6/c1-11-3-7-13(8-4-11)14-9-5-12(2)6-10-14;1-11-5-3-7-13(9-11)14-8-4-6-12(2)10-14;1-11-7-3-5-9-13(11)14-10-6-4-8-12(14)2;6*1-2/h3*3-10H,1-2H3;6*1-2H3. The third kappa shape index (κ3) is 21.1. The lowest BCUT2D eigenvalue weighted by Gasteiger charge is -2.08. The Hall–Kier alpha value is -4.68. The van der Waals surface area contributed by atoms with Crippen LogP contribution in [0.4, 0.5) is 0 Å². The van der Waals surface area contributed by atoms with Crippen LogP contribution in [-0.4, -0.2) is 0 Å². The van der Waals surface area contributed by atoms with Crippen LogP contribution in [0.3, 0.4) is 0 Å². The Balaban J connectivity index is -0.000000633. The second-order valence-corrected chi connectivity index (χ2v) is 11.1. The van der Waals surface area contributed by atoms with Gasteiger partial charge in [0.25, 0.3) is 0 Å². The van der Waals surface area contributed by atoms with Crippen molar-refractivity contribution in [3.05, 3.63) is 179 Å². The highest BCUT2D eigenvalue weighted by molar-refractivity contribution is 5.70. The molecule has 0 aromatic heterocycles. The van der Waals surface area contributed by atoms with E-state index in [2.05, 4.69) is 187 Å². The Morgan fingerprint density at radius 2 is 0.500 bits per heavy atom. The molecule has 0 aliphatic rings. The number of benzene rings is 6. The summed E-state index contributed by atoms with van der Waals surface area (Å²) in [6.07, 6.45) is 0. The van der Waals surface area contributed by atoms with E-state index in [0.29, 0.717) is 0 Å². The summed E-state index contributed by atoms with van der Waals surface area (Å²) in [5.74, 6) is 0. The maximum absolute atomic E-state index is 2.22. The highest BCUT2D eigenvalue weighted by Crippen LogP contribution is 2.26. The fourth-order valence-corrected chi connectivity index (χ4v) is 4.89. The van der Waals surface area contributed by atoms with Crippen molar-refractivity contribution in [2.75, 3.05) is 0 Å². The number of hydrogen-bond acceptors (Lipinski definition) is 0. The Morgan fingerprint density at radius 3 is 0.759 bits per heavy atom. The molecule has 0 radical (unpaired) electrons. The van der Waals surface area contributed by atoms with E-state index < -0.39 is 0 Å². The Labute approximate surface area is 335 Å². The van der Waals surface area contributed by atoms with Crippen molar-refractivity contribution in [2.45, 2.75) is 125 Å². The molecule has 294 valence electrons. The van der Waals surface area contributed by atoms with Crippen molar-refractivity contribution in [1.82, 2.24) is 0 Å². The SMILES string of the molecule is CC.CC.CC.CC.CC.CC.Cc1ccc(-c2ccc(C)cc2)cc1.Cc1cccc(-c2cccc(C)c2)c1.Cc1ccccc1-c1ccccc1C. The zero-order valence-corrected chi connectivity index (χ0v) is 37.9. The number of aryl methyl sites for hydroxylation is 6. The van der Waals surface area contributed by atoms with E-state index in [9.17, 15) is 0 Å². The molecule has 0 aliphatic heterocycles.